The first-order chi connectivity index (χ1) is 13.7. The molecule has 0 fully saturated rings. The highest BCUT2D eigenvalue weighted by Crippen LogP contribution is 2.22. The van der Waals surface area contributed by atoms with Crippen LogP contribution in [0.1, 0.15) is 45.2 Å². The minimum Gasteiger partial charge on any atom is -0.345 e. The van der Waals surface area contributed by atoms with Crippen LogP contribution < -0.4 is 10.6 Å². The van der Waals surface area contributed by atoms with Crippen LogP contribution in [-0.2, 0) is 19.5 Å². The Hall–Kier alpha value is -3.48. The predicted molar refractivity (Wildman–Crippen MR) is 105 cm³/mol. The highest BCUT2D eigenvalue weighted by Gasteiger charge is 2.27. The van der Waals surface area contributed by atoms with Crippen molar-refractivity contribution in [3.8, 4) is 0 Å². The minimum atomic E-state index is -0.289. The normalized spacial score (nSPS) is 12.9. The van der Waals surface area contributed by atoms with Gasteiger partial charge in [0.2, 0.25) is 0 Å². The number of carbonyl (C=O) groups is 2. The van der Waals surface area contributed by atoms with Crippen molar-refractivity contribution >= 4 is 17.5 Å². The summed E-state index contributed by atoms with van der Waals surface area (Å²) in [6.07, 6.45) is 6.08. The molecule has 2 amide bonds. The zero-order chi connectivity index (χ0) is 19.3. The molecule has 0 atom stereocenters. The molecule has 1 aliphatic heterocycles. The van der Waals surface area contributed by atoms with Gasteiger partial charge in [0.1, 0.15) is 0 Å². The van der Waals surface area contributed by atoms with Gasteiger partial charge < -0.3 is 15.2 Å². The molecule has 2 aromatic heterocycles. The van der Waals surface area contributed by atoms with Gasteiger partial charge in [-0.2, -0.15) is 0 Å². The number of hydrogen-bond donors (Lipinski definition) is 2. The molecule has 0 saturated heterocycles. The quantitative estimate of drug-likeness (QED) is 0.718. The number of aromatic nitrogens is 3. The van der Waals surface area contributed by atoms with E-state index in [-0.39, 0.29) is 17.6 Å². The number of nitrogens with zero attached hydrogens (tertiary/aromatic N) is 3. The van der Waals surface area contributed by atoms with Crippen molar-refractivity contribution in [2.45, 2.75) is 32.4 Å². The Morgan fingerprint density at radius 2 is 1.89 bits per heavy atom. The van der Waals surface area contributed by atoms with Crippen LogP contribution in [0.2, 0.25) is 0 Å². The van der Waals surface area contributed by atoms with E-state index in [1.165, 1.54) is 0 Å². The first-order valence-corrected chi connectivity index (χ1v) is 9.35. The molecule has 0 aliphatic carbocycles. The van der Waals surface area contributed by atoms with Gasteiger partial charge in [-0.05, 0) is 43.0 Å². The van der Waals surface area contributed by atoms with Gasteiger partial charge in [0.15, 0.2) is 11.5 Å². The van der Waals surface area contributed by atoms with E-state index in [2.05, 4.69) is 20.6 Å². The summed E-state index contributed by atoms with van der Waals surface area (Å²) in [6.45, 7) is 1.05. The van der Waals surface area contributed by atoms with E-state index in [1.807, 2.05) is 47.0 Å². The Kier molecular flexibility index (Phi) is 5.14. The Labute approximate surface area is 162 Å². The molecular weight excluding hydrogens is 354 g/mol. The molecule has 142 valence electrons. The van der Waals surface area contributed by atoms with Gasteiger partial charge in [-0.3, -0.25) is 14.6 Å². The Balaban J connectivity index is 1.56. The van der Waals surface area contributed by atoms with Crippen LogP contribution in [0.3, 0.4) is 0 Å². The highest BCUT2D eigenvalue weighted by atomic mass is 16.2. The maximum Gasteiger partial charge on any atom is 0.287 e. The third-order valence-electron chi connectivity index (χ3n) is 4.74. The molecular formula is C21H21N5O2. The summed E-state index contributed by atoms with van der Waals surface area (Å²) in [6, 6.07) is 13.0. The summed E-state index contributed by atoms with van der Waals surface area (Å²) in [7, 11) is 0. The third-order valence-corrected chi connectivity index (χ3v) is 4.74. The second-order valence-corrected chi connectivity index (χ2v) is 6.70. The second kappa shape index (κ2) is 8.04. The summed E-state index contributed by atoms with van der Waals surface area (Å²) in [5.74, 6) is -0.286. The number of carbonyl (C=O) groups excluding carboxylic acids is 2. The lowest BCUT2D eigenvalue weighted by atomic mass is 10.1. The van der Waals surface area contributed by atoms with Crippen molar-refractivity contribution in [3.63, 3.8) is 0 Å². The number of nitrogens with one attached hydrogen (secondary N) is 2. The largest absolute Gasteiger partial charge is 0.345 e. The van der Waals surface area contributed by atoms with Gasteiger partial charge in [0.05, 0.1) is 5.69 Å². The van der Waals surface area contributed by atoms with Gasteiger partial charge in [-0.15, -0.1) is 0 Å². The van der Waals surface area contributed by atoms with Crippen LogP contribution in [-0.4, -0.2) is 26.3 Å². The molecule has 3 heterocycles. The molecule has 0 unspecified atom stereocenters. The molecule has 0 radical (unpaired) electrons. The van der Waals surface area contributed by atoms with Crippen molar-refractivity contribution in [2.24, 2.45) is 0 Å². The van der Waals surface area contributed by atoms with Gasteiger partial charge in [-0.25, -0.2) is 4.98 Å². The molecule has 0 spiro atoms. The van der Waals surface area contributed by atoms with Crippen molar-refractivity contribution in [1.82, 2.24) is 19.9 Å². The number of amides is 2. The summed E-state index contributed by atoms with van der Waals surface area (Å²) in [5.41, 5.74) is 2.76. The molecule has 7 nitrogen and oxygen atoms in total. The van der Waals surface area contributed by atoms with Crippen LogP contribution in [0, 0.1) is 0 Å². The minimum absolute atomic E-state index is 0.286. The molecule has 7 heteroatoms. The molecule has 28 heavy (non-hydrogen) atoms. The van der Waals surface area contributed by atoms with Crippen LogP contribution in [0.25, 0.3) is 0 Å². The van der Waals surface area contributed by atoms with E-state index < -0.39 is 0 Å². The third kappa shape index (κ3) is 3.78. The van der Waals surface area contributed by atoms with Crippen molar-refractivity contribution in [2.75, 3.05) is 5.32 Å². The van der Waals surface area contributed by atoms with E-state index in [0.717, 1.165) is 30.5 Å². The lowest BCUT2D eigenvalue weighted by molar-refractivity contribution is 0.0935. The Morgan fingerprint density at radius 3 is 2.68 bits per heavy atom. The number of para-hydroxylation sites is 1. The van der Waals surface area contributed by atoms with Crippen molar-refractivity contribution in [1.29, 1.82) is 0 Å². The summed E-state index contributed by atoms with van der Waals surface area (Å²) < 4.78 is 1.88. The van der Waals surface area contributed by atoms with Crippen molar-refractivity contribution < 1.29 is 9.59 Å². The lowest BCUT2D eigenvalue weighted by Gasteiger charge is -2.17. The smallest absolute Gasteiger partial charge is 0.287 e. The fourth-order valence-corrected chi connectivity index (χ4v) is 3.37. The average molecular weight is 375 g/mol. The van der Waals surface area contributed by atoms with Crippen LogP contribution in [0.5, 0.6) is 0 Å². The molecule has 1 aliphatic rings. The number of imidazole rings is 1. The number of rotatable bonds is 5. The fourth-order valence-electron chi connectivity index (χ4n) is 3.37. The van der Waals surface area contributed by atoms with E-state index in [0.29, 0.717) is 24.5 Å². The fraction of sp³-hybridized carbons (Fsp3) is 0.238. The first kappa shape index (κ1) is 17.9. The first-order valence-electron chi connectivity index (χ1n) is 9.35. The highest BCUT2D eigenvalue weighted by molar-refractivity contribution is 6.05. The summed E-state index contributed by atoms with van der Waals surface area (Å²) in [4.78, 5) is 34.0. The number of benzene rings is 1. The summed E-state index contributed by atoms with van der Waals surface area (Å²) >= 11 is 0. The molecule has 2 N–H and O–H groups in total. The molecule has 0 bridgehead atoms. The van der Waals surface area contributed by atoms with Gasteiger partial charge >= 0.3 is 0 Å². The van der Waals surface area contributed by atoms with Crippen LogP contribution >= 0.6 is 0 Å². The van der Waals surface area contributed by atoms with E-state index >= 15 is 0 Å². The molecule has 1 aromatic carbocycles. The van der Waals surface area contributed by atoms with Crippen LogP contribution in [0.15, 0.2) is 54.9 Å². The van der Waals surface area contributed by atoms with E-state index in [4.69, 9.17) is 0 Å². The second-order valence-electron chi connectivity index (χ2n) is 6.70. The van der Waals surface area contributed by atoms with Gasteiger partial charge in [0.25, 0.3) is 11.8 Å². The maximum atomic E-state index is 12.8. The zero-order valence-corrected chi connectivity index (χ0v) is 15.4. The Morgan fingerprint density at radius 1 is 1.04 bits per heavy atom. The number of hydrogen-bond acceptors (Lipinski definition) is 4. The van der Waals surface area contributed by atoms with Crippen LogP contribution in [0.4, 0.5) is 5.69 Å². The molecule has 4 rings (SSSR count). The van der Waals surface area contributed by atoms with Gasteiger partial charge in [-0.1, -0.05) is 24.3 Å². The predicted octanol–water partition coefficient (Wildman–Crippen LogP) is 2.80. The molecule has 3 aromatic rings. The Bertz CT molecular complexity index is 983. The lowest BCUT2D eigenvalue weighted by Crippen LogP contribution is -2.27. The number of pyridine rings is 1. The SMILES string of the molecule is O=C(Nc1ccccc1)c1nc(C(=O)NCc2cccnc2)n2c1CCCC2. The van der Waals surface area contributed by atoms with E-state index in [1.54, 1.807) is 12.4 Å². The topological polar surface area (TPSA) is 88.9 Å². The molecule has 0 saturated carbocycles. The number of anilines is 1. The average Bonchev–Trinajstić information content (AvgIpc) is 3.13. The van der Waals surface area contributed by atoms with E-state index in [9.17, 15) is 9.59 Å². The monoisotopic (exact) mass is 375 g/mol. The number of fused-ring (bicyclic) bond motifs is 1. The van der Waals surface area contributed by atoms with Gasteiger partial charge in [0, 0.05) is 31.2 Å². The maximum absolute atomic E-state index is 12.8. The standard InChI is InChI=1S/C21H21N5O2/c27-20(24-16-8-2-1-3-9-16)18-17-10-4-5-12-26(17)19(25-18)21(28)23-14-15-7-6-11-22-13-15/h1-3,6-9,11,13H,4-5,10,12,14H2,(H,23,28)(H,24,27). The zero-order valence-electron chi connectivity index (χ0n) is 15.4. The van der Waals surface area contributed by atoms with Crippen molar-refractivity contribution in [3.05, 3.63) is 77.6 Å². The summed E-state index contributed by atoms with van der Waals surface area (Å²) in [5, 5.41) is 5.74.